The highest BCUT2D eigenvalue weighted by molar-refractivity contribution is 5.94. The fraction of sp³-hybridized carbons (Fsp3) is 0.533. The molecule has 1 atom stereocenters. The van der Waals surface area contributed by atoms with Gasteiger partial charge in [-0.3, -0.25) is 4.79 Å². The fourth-order valence-electron chi connectivity index (χ4n) is 2.42. The first-order valence-electron chi connectivity index (χ1n) is 6.79. The van der Waals surface area contributed by atoms with Crippen molar-refractivity contribution in [2.45, 2.75) is 32.2 Å². The molecule has 1 saturated heterocycles. The van der Waals surface area contributed by atoms with Gasteiger partial charge in [0.1, 0.15) is 0 Å². The Hall–Kier alpha value is -1.35. The molecule has 3 nitrogen and oxygen atoms in total. The van der Waals surface area contributed by atoms with Gasteiger partial charge >= 0.3 is 0 Å². The van der Waals surface area contributed by atoms with E-state index < -0.39 is 0 Å². The first kappa shape index (κ1) is 13.1. The highest BCUT2D eigenvalue weighted by Crippen LogP contribution is 2.13. The summed E-state index contributed by atoms with van der Waals surface area (Å²) >= 11 is 0. The first-order valence-corrected chi connectivity index (χ1v) is 6.79. The number of nitrogens with zero attached hydrogens (tertiary/aromatic N) is 1. The molecule has 1 amide bonds. The summed E-state index contributed by atoms with van der Waals surface area (Å²) in [5.41, 5.74) is 2.06. The van der Waals surface area contributed by atoms with E-state index in [0.29, 0.717) is 6.04 Å². The Morgan fingerprint density at radius 1 is 1.39 bits per heavy atom. The van der Waals surface area contributed by atoms with E-state index in [4.69, 9.17) is 0 Å². The maximum atomic E-state index is 12.3. The van der Waals surface area contributed by atoms with Crippen molar-refractivity contribution in [3.05, 3.63) is 35.4 Å². The Morgan fingerprint density at radius 2 is 2.11 bits per heavy atom. The zero-order valence-electron chi connectivity index (χ0n) is 11.3. The highest BCUT2D eigenvalue weighted by Gasteiger charge is 2.22. The zero-order chi connectivity index (χ0) is 13.0. The number of likely N-dealkylation sites (N-methyl/N-ethyl adjacent to an activating group) is 1. The van der Waals surface area contributed by atoms with Gasteiger partial charge in [0.15, 0.2) is 0 Å². The Morgan fingerprint density at radius 3 is 2.67 bits per heavy atom. The lowest BCUT2D eigenvalue weighted by atomic mass is 10.0. The van der Waals surface area contributed by atoms with E-state index in [1.807, 2.05) is 36.2 Å². The van der Waals surface area contributed by atoms with Crippen LogP contribution >= 0.6 is 0 Å². The van der Waals surface area contributed by atoms with Crippen molar-refractivity contribution in [1.82, 2.24) is 10.2 Å². The van der Waals surface area contributed by atoms with Crippen LogP contribution in [0.1, 0.15) is 35.7 Å². The van der Waals surface area contributed by atoms with E-state index in [9.17, 15) is 4.79 Å². The van der Waals surface area contributed by atoms with Crippen LogP contribution in [-0.2, 0) is 6.42 Å². The number of carbonyl (C=O) groups excluding carboxylic acids is 1. The van der Waals surface area contributed by atoms with Crippen molar-refractivity contribution in [3.8, 4) is 0 Å². The van der Waals surface area contributed by atoms with E-state index in [0.717, 1.165) is 37.9 Å². The molecule has 3 heteroatoms. The molecule has 0 aromatic heterocycles. The Kier molecular flexibility index (Phi) is 4.37. The molecule has 1 fully saturated rings. The molecule has 1 aromatic rings. The van der Waals surface area contributed by atoms with E-state index in [-0.39, 0.29) is 5.91 Å². The average Bonchev–Trinajstić information content (AvgIpc) is 2.47. The SMILES string of the molecule is CCc1ccc(C(=O)N(C)[C@H]2CCCNC2)cc1. The second-order valence-corrected chi connectivity index (χ2v) is 4.97. The molecule has 0 spiro atoms. The maximum absolute atomic E-state index is 12.3. The van der Waals surface area contributed by atoms with Crippen molar-refractivity contribution in [3.63, 3.8) is 0 Å². The largest absolute Gasteiger partial charge is 0.337 e. The molecule has 2 rings (SSSR count). The van der Waals surface area contributed by atoms with Gasteiger partial charge in [-0.2, -0.15) is 0 Å². The standard InChI is InChI=1S/C15H22N2O/c1-3-12-6-8-13(9-7-12)15(18)17(2)14-5-4-10-16-11-14/h6-9,14,16H,3-5,10-11H2,1-2H3/t14-/m0/s1. The van der Waals surface area contributed by atoms with Gasteiger partial charge in [-0.05, 0) is 43.5 Å². The van der Waals surface area contributed by atoms with Crippen LogP contribution in [0.25, 0.3) is 0 Å². The quantitative estimate of drug-likeness (QED) is 0.885. The lowest BCUT2D eigenvalue weighted by Crippen LogP contribution is -2.46. The van der Waals surface area contributed by atoms with Gasteiger partial charge in [-0.25, -0.2) is 0 Å². The molecule has 1 aromatic carbocycles. The minimum atomic E-state index is 0.131. The third-order valence-corrected chi connectivity index (χ3v) is 3.75. The van der Waals surface area contributed by atoms with Crippen LogP contribution in [0.4, 0.5) is 0 Å². The number of aryl methyl sites for hydroxylation is 1. The van der Waals surface area contributed by atoms with Crippen molar-refractivity contribution < 1.29 is 4.79 Å². The van der Waals surface area contributed by atoms with Gasteiger partial charge in [0, 0.05) is 25.2 Å². The lowest BCUT2D eigenvalue weighted by Gasteiger charge is -2.31. The van der Waals surface area contributed by atoms with Crippen LogP contribution < -0.4 is 5.32 Å². The highest BCUT2D eigenvalue weighted by atomic mass is 16.2. The average molecular weight is 246 g/mol. The molecular weight excluding hydrogens is 224 g/mol. The molecule has 1 N–H and O–H groups in total. The van der Waals surface area contributed by atoms with E-state index in [2.05, 4.69) is 12.2 Å². The molecule has 1 heterocycles. The summed E-state index contributed by atoms with van der Waals surface area (Å²) in [5, 5.41) is 3.35. The van der Waals surface area contributed by atoms with Gasteiger partial charge in [0.05, 0.1) is 0 Å². The molecule has 1 aliphatic heterocycles. The maximum Gasteiger partial charge on any atom is 0.253 e. The molecule has 18 heavy (non-hydrogen) atoms. The topological polar surface area (TPSA) is 32.3 Å². The van der Waals surface area contributed by atoms with Crippen LogP contribution in [0.15, 0.2) is 24.3 Å². The van der Waals surface area contributed by atoms with Gasteiger partial charge in [-0.15, -0.1) is 0 Å². The Bertz CT molecular complexity index is 393. The summed E-state index contributed by atoms with van der Waals surface area (Å²) in [6.45, 7) is 4.11. The molecule has 0 unspecified atom stereocenters. The normalized spacial score (nSPS) is 19.6. The minimum absolute atomic E-state index is 0.131. The van der Waals surface area contributed by atoms with Crippen LogP contribution in [-0.4, -0.2) is 37.0 Å². The van der Waals surface area contributed by atoms with Crippen molar-refractivity contribution in [1.29, 1.82) is 0 Å². The summed E-state index contributed by atoms with van der Waals surface area (Å²) < 4.78 is 0. The second-order valence-electron chi connectivity index (χ2n) is 4.97. The van der Waals surface area contributed by atoms with Gasteiger partial charge in [-0.1, -0.05) is 19.1 Å². The van der Waals surface area contributed by atoms with Crippen molar-refractivity contribution in [2.24, 2.45) is 0 Å². The summed E-state index contributed by atoms with van der Waals surface area (Å²) in [6, 6.07) is 8.29. The minimum Gasteiger partial charge on any atom is -0.337 e. The van der Waals surface area contributed by atoms with Crippen molar-refractivity contribution >= 4 is 5.91 Å². The van der Waals surface area contributed by atoms with Crippen LogP contribution in [0.5, 0.6) is 0 Å². The van der Waals surface area contributed by atoms with Gasteiger partial charge in [0.25, 0.3) is 5.91 Å². The van der Waals surface area contributed by atoms with E-state index in [1.54, 1.807) is 0 Å². The van der Waals surface area contributed by atoms with Gasteiger partial charge < -0.3 is 10.2 Å². The predicted octanol–water partition coefficient (Wildman–Crippen LogP) is 2.07. The van der Waals surface area contributed by atoms with Crippen LogP contribution in [0, 0.1) is 0 Å². The molecule has 1 aliphatic rings. The molecule has 0 saturated carbocycles. The monoisotopic (exact) mass is 246 g/mol. The lowest BCUT2D eigenvalue weighted by molar-refractivity contribution is 0.0708. The first-order chi connectivity index (χ1) is 8.72. The molecule has 0 radical (unpaired) electrons. The number of hydrogen-bond donors (Lipinski definition) is 1. The number of carbonyl (C=O) groups is 1. The summed E-state index contributed by atoms with van der Waals surface area (Å²) in [4.78, 5) is 14.2. The van der Waals surface area contributed by atoms with Crippen molar-refractivity contribution in [2.75, 3.05) is 20.1 Å². The van der Waals surface area contributed by atoms with Crippen LogP contribution in [0.3, 0.4) is 0 Å². The van der Waals surface area contributed by atoms with E-state index >= 15 is 0 Å². The number of amides is 1. The smallest absolute Gasteiger partial charge is 0.253 e. The molecule has 0 bridgehead atoms. The summed E-state index contributed by atoms with van der Waals surface area (Å²) in [7, 11) is 1.91. The zero-order valence-corrected chi connectivity index (χ0v) is 11.3. The summed E-state index contributed by atoms with van der Waals surface area (Å²) in [5.74, 6) is 0.131. The number of piperidine rings is 1. The van der Waals surface area contributed by atoms with Crippen LogP contribution in [0.2, 0.25) is 0 Å². The third-order valence-electron chi connectivity index (χ3n) is 3.75. The Labute approximate surface area is 109 Å². The van der Waals surface area contributed by atoms with E-state index in [1.165, 1.54) is 5.56 Å². The fourth-order valence-corrected chi connectivity index (χ4v) is 2.42. The third kappa shape index (κ3) is 2.91. The predicted molar refractivity (Wildman–Crippen MR) is 73.8 cm³/mol. The Balaban J connectivity index is 2.04. The number of nitrogens with one attached hydrogen (secondary N) is 1. The number of benzene rings is 1. The molecule has 98 valence electrons. The van der Waals surface area contributed by atoms with Gasteiger partial charge in [0.2, 0.25) is 0 Å². The molecular formula is C15H22N2O. The molecule has 0 aliphatic carbocycles. The number of hydrogen-bond acceptors (Lipinski definition) is 2. The summed E-state index contributed by atoms with van der Waals surface area (Å²) in [6.07, 6.45) is 3.26. The second kappa shape index (κ2) is 6.01. The number of rotatable bonds is 3.